The van der Waals surface area contributed by atoms with Gasteiger partial charge in [0.1, 0.15) is 24.1 Å². The zero-order valence-electron chi connectivity index (χ0n) is 17.6. The number of aliphatic hydroxyl groups is 1. The number of fused-ring (bicyclic) bond motifs is 3. The van der Waals surface area contributed by atoms with Crippen molar-refractivity contribution in [2.75, 3.05) is 23.7 Å². The number of aliphatic hydroxyl groups excluding tert-OH is 1. The Kier molecular flexibility index (Phi) is 3.72. The second-order valence-corrected chi connectivity index (χ2v) is 9.35. The molecule has 4 heterocycles. The van der Waals surface area contributed by atoms with Crippen LogP contribution in [0.4, 0.5) is 11.5 Å². The lowest BCUT2D eigenvalue weighted by molar-refractivity contribution is 0.0748. The van der Waals surface area contributed by atoms with Crippen LogP contribution < -0.4 is 10.6 Å². The quantitative estimate of drug-likeness (QED) is 0.599. The molecule has 1 aromatic carbocycles. The number of carbonyl (C=O) groups is 1. The fraction of sp³-hybridized carbons (Fsp3) is 0.435. The van der Waals surface area contributed by atoms with E-state index in [9.17, 15) is 9.90 Å². The number of nitrogens with zero attached hydrogens (tertiary/aromatic N) is 3. The Bertz CT molecular complexity index is 1220. The molecule has 3 N–H and O–H groups in total. The molecule has 160 valence electrons. The standard InChI is InChI=1S/C23H25N5O3/c1-13-16(17-18(27-22(2)7-8-22)24-12-25-19(17)31-13)20(29)28-10-9-23(11-28)14-5-3-4-6-15(14)26-21(23)30/h3-6,12,21,26,30H,7-11H2,1-2H3,(H,24,25,27). The molecule has 2 unspecified atom stereocenters. The summed E-state index contributed by atoms with van der Waals surface area (Å²) in [6.45, 7) is 4.94. The number of aromatic nitrogens is 2. The topological polar surface area (TPSA) is 104 Å². The van der Waals surface area contributed by atoms with Crippen molar-refractivity contribution in [3.05, 3.63) is 47.5 Å². The first kappa shape index (κ1) is 18.6. The van der Waals surface area contributed by atoms with Crippen LogP contribution in [0.3, 0.4) is 0 Å². The summed E-state index contributed by atoms with van der Waals surface area (Å²) in [7, 11) is 0. The van der Waals surface area contributed by atoms with Crippen LogP contribution in [0.25, 0.3) is 11.1 Å². The van der Waals surface area contributed by atoms with Gasteiger partial charge < -0.3 is 25.1 Å². The van der Waals surface area contributed by atoms with E-state index in [2.05, 4.69) is 27.5 Å². The minimum absolute atomic E-state index is 0.00775. The minimum Gasteiger partial charge on any atom is -0.442 e. The van der Waals surface area contributed by atoms with E-state index >= 15 is 0 Å². The molecule has 31 heavy (non-hydrogen) atoms. The second-order valence-electron chi connectivity index (χ2n) is 9.35. The molecule has 0 radical (unpaired) electrons. The number of rotatable bonds is 3. The molecule has 1 saturated carbocycles. The molecule has 1 amide bonds. The highest BCUT2D eigenvalue weighted by Crippen LogP contribution is 2.47. The van der Waals surface area contributed by atoms with Gasteiger partial charge in [-0.3, -0.25) is 4.79 Å². The second kappa shape index (κ2) is 6.20. The predicted octanol–water partition coefficient (Wildman–Crippen LogP) is 3.02. The molecule has 2 atom stereocenters. The highest BCUT2D eigenvalue weighted by atomic mass is 16.3. The smallest absolute Gasteiger partial charge is 0.258 e. The summed E-state index contributed by atoms with van der Waals surface area (Å²) in [5.74, 6) is 1.08. The lowest BCUT2D eigenvalue weighted by Gasteiger charge is -2.28. The molecule has 2 aromatic heterocycles. The van der Waals surface area contributed by atoms with Gasteiger partial charge in [-0.1, -0.05) is 18.2 Å². The average molecular weight is 419 g/mol. The van der Waals surface area contributed by atoms with Crippen molar-refractivity contribution >= 4 is 28.5 Å². The first-order valence-corrected chi connectivity index (χ1v) is 10.8. The highest BCUT2D eigenvalue weighted by molar-refractivity contribution is 6.10. The van der Waals surface area contributed by atoms with E-state index < -0.39 is 11.6 Å². The highest BCUT2D eigenvalue weighted by Gasteiger charge is 2.52. The van der Waals surface area contributed by atoms with E-state index in [1.165, 1.54) is 6.33 Å². The molecule has 1 aliphatic carbocycles. The van der Waals surface area contributed by atoms with Gasteiger partial charge in [0.2, 0.25) is 5.71 Å². The molecule has 6 rings (SSSR count). The number of hydrogen-bond acceptors (Lipinski definition) is 7. The number of aryl methyl sites for hydroxylation is 1. The van der Waals surface area contributed by atoms with Gasteiger partial charge in [0.15, 0.2) is 0 Å². The van der Waals surface area contributed by atoms with Crippen LogP contribution in [0.15, 0.2) is 35.0 Å². The van der Waals surface area contributed by atoms with E-state index in [1.807, 2.05) is 29.2 Å². The van der Waals surface area contributed by atoms with E-state index in [0.29, 0.717) is 47.8 Å². The van der Waals surface area contributed by atoms with E-state index in [0.717, 1.165) is 24.1 Å². The summed E-state index contributed by atoms with van der Waals surface area (Å²) in [6, 6.07) is 7.94. The third-order valence-corrected chi connectivity index (χ3v) is 7.17. The lowest BCUT2D eigenvalue weighted by atomic mass is 9.80. The van der Waals surface area contributed by atoms with Gasteiger partial charge in [-0.15, -0.1) is 0 Å². The van der Waals surface area contributed by atoms with Gasteiger partial charge in [-0.05, 0) is 44.7 Å². The molecule has 2 aliphatic heterocycles. The maximum absolute atomic E-state index is 13.7. The van der Waals surface area contributed by atoms with Gasteiger partial charge >= 0.3 is 0 Å². The lowest BCUT2D eigenvalue weighted by Crippen LogP contribution is -2.42. The maximum atomic E-state index is 13.7. The molecular formula is C23H25N5O3. The summed E-state index contributed by atoms with van der Waals surface area (Å²) in [5, 5.41) is 18.1. The van der Waals surface area contributed by atoms with E-state index in [4.69, 9.17) is 4.42 Å². The van der Waals surface area contributed by atoms with Crippen LogP contribution in [0, 0.1) is 6.92 Å². The summed E-state index contributed by atoms with van der Waals surface area (Å²) in [6.07, 6.45) is 3.57. The molecule has 1 spiro atoms. The zero-order chi connectivity index (χ0) is 21.4. The fourth-order valence-corrected chi connectivity index (χ4v) is 5.08. The van der Waals surface area contributed by atoms with Crippen LogP contribution in [-0.2, 0) is 5.41 Å². The third kappa shape index (κ3) is 2.67. The van der Waals surface area contributed by atoms with Gasteiger partial charge in [-0.2, -0.15) is 0 Å². The number of benzene rings is 1. The van der Waals surface area contributed by atoms with Crippen molar-refractivity contribution in [1.29, 1.82) is 0 Å². The number of para-hydroxylation sites is 1. The van der Waals surface area contributed by atoms with E-state index in [-0.39, 0.29) is 11.4 Å². The first-order valence-electron chi connectivity index (χ1n) is 10.8. The van der Waals surface area contributed by atoms with Crippen LogP contribution in [0.2, 0.25) is 0 Å². The number of nitrogens with one attached hydrogen (secondary N) is 2. The number of likely N-dealkylation sites (tertiary alicyclic amines) is 1. The molecule has 2 fully saturated rings. The molecule has 3 aromatic rings. The largest absolute Gasteiger partial charge is 0.442 e. The Morgan fingerprint density at radius 2 is 2.10 bits per heavy atom. The Hall–Kier alpha value is -3.13. The summed E-state index contributed by atoms with van der Waals surface area (Å²) >= 11 is 0. The third-order valence-electron chi connectivity index (χ3n) is 7.17. The molecule has 0 bridgehead atoms. The van der Waals surface area contributed by atoms with E-state index in [1.54, 1.807) is 6.92 Å². The Morgan fingerprint density at radius 1 is 1.29 bits per heavy atom. The average Bonchev–Trinajstić information content (AvgIpc) is 3.11. The van der Waals surface area contributed by atoms with Crippen LogP contribution >= 0.6 is 0 Å². The maximum Gasteiger partial charge on any atom is 0.258 e. The zero-order valence-corrected chi connectivity index (χ0v) is 17.6. The minimum atomic E-state index is -0.722. The predicted molar refractivity (Wildman–Crippen MR) is 116 cm³/mol. The van der Waals surface area contributed by atoms with Crippen molar-refractivity contribution in [2.24, 2.45) is 0 Å². The normalized spacial score (nSPS) is 25.6. The summed E-state index contributed by atoms with van der Waals surface area (Å²) in [5.41, 5.74) is 2.44. The number of anilines is 2. The summed E-state index contributed by atoms with van der Waals surface area (Å²) in [4.78, 5) is 24.2. The molecule has 3 aliphatic rings. The fourth-order valence-electron chi connectivity index (χ4n) is 5.08. The molecule has 8 heteroatoms. The van der Waals surface area contributed by atoms with Gasteiger partial charge in [0.05, 0.1) is 16.4 Å². The molecule has 1 saturated heterocycles. The first-order chi connectivity index (χ1) is 14.9. The van der Waals surface area contributed by atoms with Crippen molar-refractivity contribution in [3.63, 3.8) is 0 Å². The van der Waals surface area contributed by atoms with Crippen LogP contribution in [0.1, 0.15) is 47.9 Å². The van der Waals surface area contributed by atoms with Crippen molar-refractivity contribution < 1.29 is 14.3 Å². The number of furan rings is 1. The number of amides is 1. The number of hydrogen-bond donors (Lipinski definition) is 3. The van der Waals surface area contributed by atoms with Gasteiger partial charge in [0, 0.05) is 24.3 Å². The van der Waals surface area contributed by atoms with Crippen LogP contribution in [0.5, 0.6) is 0 Å². The SMILES string of the molecule is Cc1oc2ncnc(NC3(C)CC3)c2c1C(=O)N1CCC2(C1)c1ccccc1NC2O. The number of carbonyl (C=O) groups excluding carboxylic acids is 1. The molecule has 8 nitrogen and oxygen atoms in total. The van der Waals surface area contributed by atoms with Gasteiger partial charge in [-0.25, -0.2) is 9.97 Å². The summed E-state index contributed by atoms with van der Waals surface area (Å²) < 4.78 is 5.85. The van der Waals surface area contributed by atoms with Gasteiger partial charge in [0.25, 0.3) is 5.91 Å². The Balaban J connectivity index is 1.37. The van der Waals surface area contributed by atoms with Crippen molar-refractivity contribution in [2.45, 2.75) is 50.3 Å². The van der Waals surface area contributed by atoms with Crippen molar-refractivity contribution in [3.8, 4) is 0 Å². The Labute approximate surface area is 179 Å². The van der Waals surface area contributed by atoms with Crippen molar-refractivity contribution in [1.82, 2.24) is 14.9 Å². The monoisotopic (exact) mass is 419 g/mol. The Morgan fingerprint density at radius 3 is 2.90 bits per heavy atom. The van der Waals surface area contributed by atoms with Crippen LogP contribution in [-0.4, -0.2) is 50.7 Å². The molecular weight excluding hydrogens is 394 g/mol.